The average molecular weight is 309 g/mol. The number of aryl methyl sites for hydroxylation is 2. The topological polar surface area (TPSA) is 42.7 Å². The summed E-state index contributed by atoms with van der Waals surface area (Å²) in [5.41, 5.74) is 3.50. The SMILES string of the molecule is CNC(Cc1cn(C)nn1)c1cc(C)cc(Br)c1. The summed E-state index contributed by atoms with van der Waals surface area (Å²) in [6.45, 7) is 2.10. The van der Waals surface area contributed by atoms with Gasteiger partial charge in [0, 0.05) is 30.2 Å². The third kappa shape index (κ3) is 3.17. The van der Waals surface area contributed by atoms with Crippen LogP contribution in [0, 0.1) is 6.92 Å². The Morgan fingerprint density at radius 1 is 1.39 bits per heavy atom. The first-order valence-electron chi connectivity index (χ1n) is 5.88. The van der Waals surface area contributed by atoms with Crippen molar-refractivity contribution in [2.45, 2.75) is 19.4 Å². The molecule has 4 nitrogen and oxygen atoms in total. The van der Waals surface area contributed by atoms with E-state index in [0.717, 1.165) is 16.6 Å². The van der Waals surface area contributed by atoms with Gasteiger partial charge in [-0.25, -0.2) is 0 Å². The average Bonchev–Trinajstić information content (AvgIpc) is 2.70. The van der Waals surface area contributed by atoms with Gasteiger partial charge in [-0.15, -0.1) is 5.10 Å². The van der Waals surface area contributed by atoms with Crippen LogP contribution in [0.4, 0.5) is 0 Å². The standard InChI is InChI=1S/C13H17BrN4/c1-9-4-10(6-11(14)5-9)13(15-2)7-12-8-18(3)17-16-12/h4-6,8,13,15H,7H2,1-3H3. The van der Waals surface area contributed by atoms with Crippen LogP contribution >= 0.6 is 15.9 Å². The molecule has 0 bridgehead atoms. The quantitative estimate of drug-likeness (QED) is 0.943. The van der Waals surface area contributed by atoms with Crippen molar-refractivity contribution in [1.82, 2.24) is 20.3 Å². The fourth-order valence-corrected chi connectivity index (χ4v) is 2.68. The van der Waals surface area contributed by atoms with E-state index >= 15 is 0 Å². The van der Waals surface area contributed by atoms with Crippen LogP contribution in [0.2, 0.25) is 0 Å². The van der Waals surface area contributed by atoms with Gasteiger partial charge in [0.15, 0.2) is 0 Å². The Balaban J connectivity index is 2.22. The predicted molar refractivity (Wildman–Crippen MR) is 75.4 cm³/mol. The van der Waals surface area contributed by atoms with Gasteiger partial charge in [-0.1, -0.05) is 27.2 Å². The van der Waals surface area contributed by atoms with E-state index in [9.17, 15) is 0 Å². The lowest BCUT2D eigenvalue weighted by atomic mass is 10.0. The molecule has 96 valence electrons. The highest BCUT2D eigenvalue weighted by Crippen LogP contribution is 2.22. The van der Waals surface area contributed by atoms with Gasteiger partial charge in [-0.3, -0.25) is 4.68 Å². The van der Waals surface area contributed by atoms with Gasteiger partial charge in [0.05, 0.1) is 5.69 Å². The van der Waals surface area contributed by atoms with Crippen LogP contribution in [0.15, 0.2) is 28.9 Å². The number of likely N-dealkylation sites (N-methyl/N-ethyl adjacent to an activating group) is 1. The van der Waals surface area contributed by atoms with Crippen molar-refractivity contribution < 1.29 is 0 Å². The van der Waals surface area contributed by atoms with Crippen LogP contribution in [0.1, 0.15) is 22.9 Å². The van der Waals surface area contributed by atoms with Crippen LogP contribution in [0.3, 0.4) is 0 Å². The Morgan fingerprint density at radius 3 is 2.72 bits per heavy atom. The van der Waals surface area contributed by atoms with Crippen LogP contribution in [0.25, 0.3) is 0 Å². The molecule has 1 N–H and O–H groups in total. The predicted octanol–water partition coefficient (Wildman–Crippen LogP) is 2.39. The molecule has 0 fully saturated rings. The first-order valence-corrected chi connectivity index (χ1v) is 6.67. The summed E-state index contributed by atoms with van der Waals surface area (Å²) in [4.78, 5) is 0. The third-order valence-electron chi connectivity index (χ3n) is 2.88. The second kappa shape index (κ2) is 5.63. The van der Waals surface area contributed by atoms with Crippen LogP contribution in [-0.4, -0.2) is 22.0 Å². The van der Waals surface area contributed by atoms with Gasteiger partial charge in [-0.05, 0) is 37.2 Å². The van der Waals surface area contributed by atoms with Gasteiger partial charge in [-0.2, -0.15) is 0 Å². The van der Waals surface area contributed by atoms with Crippen LogP contribution < -0.4 is 5.32 Å². The zero-order chi connectivity index (χ0) is 13.1. The molecule has 1 aromatic heterocycles. The Kier molecular flexibility index (Phi) is 4.14. The molecule has 2 rings (SSSR count). The molecule has 0 aliphatic heterocycles. The summed E-state index contributed by atoms with van der Waals surface area (Å²) < 4.78 is 2.84. The number of benzene rings is 1. The molecule has 5 heteroatoms. The van der Waals surface area contributed by atoms with Crippen molar-refractivity contribution in [1.29, 1.82) is 0 Å². The Hall–Kier alpha value is -1.20. The van der Waals surface area contributed by atoms with Gasteiger partial charge in [0.1, 0.15) is 0 Å². The van der Waals surface area contributed by atoms with Gasteiger partial charge >= 0.3 is 0 Å². The Labute approximate surface area is 116 Å². The molecule has 1 heterocycles. The van der Waals surface area contributed by atoms with E-state index in [1.54, 1.807) is 4.68 Å². The number of rotatable bonds is 4. The van der Waals surface area contributed by atoms with Crippen LogP contribution in [0.5, 0.6) is 0 Å². The molecule has 1 atom stereocenters. The van der Waals surface area contributed by atoms with Crippen molar-refractivity contribution in [3.63, 3.8) is 0 Å². The molecule has 0 amide bonds. The van der Waals surface area contributed by atoms with Crippen molar-refractivity contribution in [3.8, 4) is 0 Å². The molecular formula is C13H17BrN4. The minimum absolute atomic E-state index is 0.248. The van der Waals surface area contributed by atoms with E-state index in [2.05, 4.69) is 56.7 Å². The number of nitrogens with one attached hydrogen (secondary N) is 1. The maximum absolute atomic E-state index is 4.14. The zero-order valence-corrected chi connectivity index (χ0v) is 12.4. The Morgan fingerprint density at radius 2 is 2.17 bits per heavy atom. The molecule has 0 aliphatic carbocycles. The molecule has 2 aromatic rings. The first kappa shape index (κ1) is 13.2. The highest BCUT2D eigenvalue weighted by atomic mass is 79.9. The number of hydrogen-bond donors (Lipinski definition) is 1. The summed E-state index contributed by atoms with van der Waals surface area (Å²) >= 11 is 3.54. The van der Waals surface area contributed by atoms with Crippen molar-refractivity contribution in [2.75, 3.05) is 7.05 Å². The summed E-state index contributed by atoms with van der Waals surface area (Å²) in [6, 6.07) is 6.70. The largest absolute Gasteiger partial charge is 0.313 e. The lowest BCUT2D eigenvalue weighted by Gasteiger charge is -2.16. The summed E-state index contributed by atoms with van der Waals surface area (Å²) in [6.07, 6.45) is 2.79. The molecule has 0 saturated heterocycles. The molecule has 18 heavy (non-hydrogen) atoms. The smallest absolute Gasteiger partial charge is 0.0845 e. The first-order chi connectivity index (χ1) is 8.58. The highest BCUT2D eigenvalue weighted by molar-refractivity contribution is 9.10. The molecule has 1 unspecified atom stereocenters. The minimum Gasteiger partial charge on any atom is -0.313 e. The maximum atomic E-state index is 4.14. The van der Waals surface area contributed by atoms with E-state index in [0.29, 0.717) is 0 Å². The summed E-state index contributed by atoms with van der Waals surface area (Å²) in [5, 5.41) is 11.4. The van der Waals surface area contributed by atoms with E-state index in [1.807, 2.05) is 20.3 Å². The van der Waals surface area contributed by atoms with Gasteiger partial charge in [0.25, 0.3) is 0 Å². The third-order valence-corrected chi connectivity index (χ3v) is 3.34. The summed E-state index contributed by atoms with van der Waals surface area (Å²) in [7, 11) is 3.85. The summed E-state index contributed by atoms with van der Waals surface area (Å²) in [5.74, 6) is 0. The highest BCUT2D eigenvalue weighted by Gasteiger charge is 2.13. The lowest BCUT2D eigenvalue weighted by molar-refractivity contribution is 0.583. The molecule has 0 aliphatic rings. The minimum atomic E-state index is 0.248. The normalized spacial score (nSPS) is 12.7. The molecular weight excluding hydrogens is 292 g/mol. The number of aromatic nitrogens is 3. The maximum Gasteiger partial charge on any atom is 0.0845 e. The van der Waals surface area contributed by atoms with E-state index < -0.39 is 0 Å². The fraction of sp³-hybridized carbons (Fsp3) is 0.385. The van der Waals surface area contributed by atoms with E-state index in [-0.39, 0.29) is 6.04 Å². The lowest BCUT2D eigenvalue weighted by Crippen LogP contribution is -2.19. The zero-order valence-electron chi connectivity index (χ0n) is 10.8. The number of hydrogen-bond acceptors (Lipinski definition) is 3. The monoisotopic (exact) mass is 308 g/mol. The van der Waals surface area contributed by atoms with Gasteiger partial charge in [0.2, 0.25) is 0 Å². The number of halogens is 1. The second-order valence-corrected chi connectivity index (χ2v) is 5.41. The fourth-order valence-electron chi connectivity index (χ4n) is 2.05. The van der Waals surface area contributed by atoms with Crippen molar-refractivity contribution in [3.05, 3.63) is 45.7 Å². The molecule has 0 spiro atoms. The van der Waals surface area contributed by atoms with Crippen molar-refractivity contribution >= 4 is 15.9 Å². The van der Waals surface area contributed by atoms with E-state index in [4.69, 9.17) is 0 Å². The van der Waals surface area contributed by atoms with Crippen LogP contribution in [-0.2, 0) is 13.5 Å². The molecule has 0 saturated carbocycles. The molecule has 0 radical (unpaired) electrons. The second-order valence-electron chi connectivity index (χ2n) is 4.49. The van der Waals surface area contributed by atoms with E-state index in [1.165, 1.54) is 11.1 Å². The van der Waals surface area contributed by atoms with Crippen molar-refractivity contribution in [2.24, 2.45) is 7.05 Å². The molecule has 1 aromatic carbocycles. The van der Waals surface area contributed by atoms with Gasteiger partial charge < -0.3 is 5.32 Å². The number of nitrogens with zero attached hydrogens (tertiary/aromatic N) is 3. The Bertz CT molecular complexity index is 515.